The van der Waals surface area contributed by atoms with Gasteiger partial charge in [-0.1, -0.05) is 298 Å². The molecule has 5 atom stereocenters. The number of phosphoric ester groups is 2. The maximum atomic E-state index is 13.1. The molecule has 17 nitrogen and oxygen atoms in total. The second-order valence-electron chi connectivity index (χ2n) is 26.6. The van der Waals surface area contributed by atoms with Crippen LogP contribution in [0.2, 0.25) is 0 Å². The fourth-order valence-electron chi connectivity index (χ4n) is 10.7. The summed E-state index contributed by atoms with van der Waals surface area (Å²) in [4.78, 5) is 73.0. The van der Waals surface area contributed by atoms with Gasteiger partial charge in [0.2, 0.25) is 0 Å². The summed E-state index contributed by atoms with van der Waals surface area (Å²) in [5.74, 6) is -2.25. The molecule has 0 aliphatic carbocycles. The molecule has 0 aliphatic rings. The number of carbonyl (C=O) groups excluding carboxylic acids is 4. The van der Waals surface area contributed by atoms with Gasteiger partial charge in [0.1, 0.15) is 19.3 Å². The Hall–Kier alpha value is -4.28. The third-order valence-electron chi connectivity index (χ3n) is 16.7. The van der Waals surface area contributed by atoms with Crippen molar-refractivity contribution in [1.82, 2.24) is 0 Å². The van der Waals surface area contributed by atoms with Crippen molar-refractivity contribution in [3.05, 3.63) is 109 Å². The van der Waals surface area contributed by atoms with E-state index in [4.69, 9.17) is 37.0 Å². The third-order valence-corrected chi connectivity index (χ3v) is 18.6. The number of hydrogen-bond acceptors (Lipinski definition) is 15. The van der Waals surface area contributed by atoms with E-state index >= 15 is 0 Å². The van der Waals surface area contributed by atoms with E-state index in [0.717, 1.165) is 161 Å². The molecule has 3 N–H and O–H groups in total. The van der Waals surface area contributed by atoms with E-state index < -0.39 is 97.5 Å². The van der Waals surface area contributed by atoms with Gasteiger partial charge in [0, 0.05) is 25.7 Å². The number of aliphatic hydroxyl groups is 1. The first-order valence-electron chi connectivity index (χ1n) is 40.1. The Morgan fingerprint density at radius 2 is 0.520 bits per heavy atom. The van der Waals surface area contributed by atoms with Gasteiger partial charge in [-0.05, 0) is 122 Å². The lowest BCUT2D eigenvalue weighted by atomic mass is 10.0. The van der Waals surface area contributed by atoms with Crippen molar-refractivity contribution in [2.45, 2.75) is 354 Å². The van der Waals surface area contributed by atoms with Crippen LogP contribution in [0, 0.1) is 0 Å². The maximum absolute atomic E-state index is 13.1. The van der Waals surface area contributed by atoms with Crippen LogP contribution in [0.5, 0.6) is 0 Å². The molecule has 0 aliphatic heterocycles. The minimum Gasteiger partial charge on any atom is -0.462 e. The zero-order valence-corrected chi connectivity index (χ0v) is 66.0. The second-order valence-corrected chi connectivity index (χ2v) is 29.5. The summed E-state index contributed by atoms with van der Waals surface area (Å²) < 4.78 is 68.6. The van der Waals surface area contributed by atoms with Gasteiger partial charge < -0.3 is 33.8 Å². The summed E-state index contributed by atoms with van der Waals surface area (Å²) >= 11 is 0. The van der Waals surface area contributed by atoms with Crippen molar-refractivity contribution in [1.29, 1.82) is 0 Å². The number of unbranched alkanes of at least 4 members (excludes halogenated alkanes) is 31. The highest BCUT2D eigenvalue weighted by atomic mass is 31.2. The number of ether oxygens (including phenoxy) is 4. The van der Waals surface area contributed by atoms with Crippen LogP contribution in [-0.2, 0) is 65.4 Å². The monoisotopic (exact) mass is 1470 g/mol. The lowest BCUT2D eigenvalue weighted by Gasteiger charge is -2.21. The van der Waals surface area contributed by atoms with E-state index in [9.17, 15) is 43.2 Å². The van der Waals surface area contributed by atoms with Crippen LogP contribution in [-0.4, -0.2) is 96.7 Å². The summed E-state index contributed by atoms with van der Waals surface area (Å²) in [6.07, 6.45) is 80.7. The van der Waals surface area contributed by atoms with Crippen molar-refractivity contribution < 1.29 is 80.2 Å². The molecule has 0 heterocycles. The molecule has 0 bridgehead atoms. The van der Waals surface area contributed by atoms with Gasteiger partial charge in [-0.3, -0.25) is 37.3 Å². The van der Waals surface area contributed by atoms with Crippen molar-refractivity contribution >= 4 is 39.5 Å². The predicted octanol–water partition coefficient (Wildman–Crippen LogP) is 23.3. The Balaban J connectivity index is 5.40. The highest BCUT2D eigenvalue weighted by Crippen LogP contribution is 2.45. The molecule has 0 aromatic rings. The lowest BCUT2D eigenvalue weighted by molar-refractivity contribution is -0.161. The second kappa shape index (κ2) is 75.0. The van der Waals surface area contributed by atoms with Crippen LogP contribution in [0.25, 0.3) is 0 Å². The summed E-state index contributed by atoms with van der Waals surface area (Å²) in [5, 5.41) is 10.6. The first-order valence-corrected chi connectivity index (χ1v) is 43.1. The average molecular weight is 1480 g/mol. The smallest absolute Gasteiger partial charge is 0.462 e. The largest absolute Gasteiger partial charge is 0.472 e. The molecule has 102 heavy (non-hydrogen) atoms. The molecule has 0 radical (unpaired) electrons. The maximum Gasteiger partial charge on any atom is 0.472 e. The standard InChI is InChI=1S/C83H144O17P2/c1-5-9-13-17-21-25-29-33-36-38-41-45-48-52-56-60-64-68-81(86)94-74-79(100-83(88)70-66-62-58-54-50-46-42-39-37-34-30-26-22-18-14-10-6-2)76-98-102(91,92)96-72-77(84)71-95-101(89,90)97-75-78(99-82(87)69-65-61-57-53-49-43-32-28-24-20-16-12-8-4)73-93-80(85)67-63-59-55-51-47-44-40-35-31-27-23-19-15-11-7-3/h9-10,13-14,21-22,25-26,33-37,40-41,45,52,56,77-79,84H,5-8,11-12,15-20,23-24,27-32,38-39,42-44,46-51,53-55,57-76H2,1-4H3,(H,89,90)(H,91,92)/b13-9-,14-10-,25-21-,26-22-,36-33-,37-34-,40-35-,45-41-,56-52-. The Morgan fingerprint density at radius 3 is 0.833 bits per heavy atom. The number of aliphatic hydroxyl groups excluding tert-OH is 1. The minimum absolute atomic E-state index is 0.0702. The molecule has 0 rings (SSSR count). The highest BCUT2D eigenvalue weighted by molar-refractivity contribution is 7.47. The first kappa shape index (κ1) is 97.7. The van der Waals surface area contributed by atoms with Crippen LogP contribution >= 0.6 is 15.6 Å². The normalized spacial score (nSPS) is 14.5. The van der Waals surface area contributed by atoms with Crippen molar-refractivity contribution in [3.8, 4) is 0 Å². The molecular formula is C83H144O17P2. The Kier molecular flexibility index (Phi) is 71.8. The van der Waals surface area contributed by atoms with Gasteiger partial charge in [0.25, 0.3) is 0 Å². The van der Waals surface area contributed by atoms with E-state index in [1.54, 1.807) is 0 Å². The number of allylic oxidation sites excluding steroid dienone is 18. The van der Waals surface area contributed by atoms with E-state index in [0.29, 0.717) is 32.1 Å². The lowest BCUT2D eigenvalue weighted by Crippen LogP contribution is -2.30. The van der Waals surface area contributed by atoms with Gasteiger partial charge in [0.15, 0.2) is 12.2 Å². The van der Waals surface area contributed by atoms with Gasteiger partial charge in [-0.2, -0.15) is 0 Å². The van der Waals surface area contributed by atoms with Gasteiger partial charge in [-0.15, -0.1) is 0 Å². The number of carbonyl (C=O) groups is 4. The van der Waals surface area contributed by atoms with E-state index in [-0.39, 0.29) is 25.7 Å². The Labute approximate surface area is 619 Å². The van der Waals surface area contributed by atoms with Crippen LogP contribution in [0.3, 0.4) is 0 Å². The van der Waals surface area contributed by atoms with Crippen LogP contribution in [0.15, 0.2) is 109 Å². The van der Waals surface area contributed by atoms with Gasteiger partial charge in [-0.25, -0.2) is 9.13 Å². The fraction of sp³-hybridized carbons (Fsp3) is 0.735. The zero-order chi connectivity index (χ0) is 74.6. The van der Waals surface area contributed by atoms with Crippen molar-refractivity contribution in [3.63, 3.8) is 0 Å². The summed E-state index contributed by atoms with van der Waals surface area (Å²) in [7, 11) is -9.97. The fourth-order valence-corrected chi connectivity index (χ4v) is 12.3. The third kappa shape index (κ3) is 74.0. The molecule has 0 fully saturated rings. The molecule has 588 valence electrons. The molecule has 0 aromatic carbocycles. The van der Waals surface area contributed by atoms with Crippen LogP contribution < -0.4 is 0 Å². The SMILES string of the molecule is CC/C=C\C/C=C\C/C=C\C/C=C\C/C=C\CCCC(=O)OCC(COP(=O)(O)OCC(O)COP(=O)(O)OCC(COC(=O)CCCCCCC/C=C\CCCCCCCC)OC(=O)CCCCCCCCCCCCCCC)OC(=O)CCCCCCCCC/C=C\C/C=C\C/C=C\CC. The van der Waals surface area contributed by atoms with Gasteiger partial charge >= 0.3 is 39.5 Å². The number of esters is 4. The highest BCUT2D eigenvalue weighted by Gasteiger charge is 2.30. The number of phosphoric acid groups is 2. The molecule has 0 aromatic heterocycles. The van der Waals surface area contributed by atoms with Crippen LogP contribution in [0.4, 0.5) is 0 Å². The molecule has 19 heteroatoms. The number of rotatable bonds is 75. The quantitative estimate of drug-likeness (QED) is 0.0169. The van der Waals surface area contributed by atoms with E-state index in [1.807, 2.05) is 12.2 Å². The van der Waals surface area contributed by atoms with Crippen LogP contribution in [0.1, 0.15) is 336 Å². The Morgan fingerprint density at radius 1 is 0.284 bits per heavy atom. The topological polar surface area (TPSA) is 237 Å². The molecule has 0 spiro atoms. The Bertz CT molecular complexity index is 2360. The average Bonchev–Trinajstić information content (AvgIpc) is 0.959. The zero-order valence-electron chi connectivity index (χ0n) is 64.3. The summed E-state index contributed by atoms with van der Waals surface area (Å²) in [5.41, 5.74) is 0. The predicted molar refractivity (Wildman–Crippen MR) is 418 cm³/mol. The molecule has 5 unspecified atom stereocenters. The van der Waals surface area contributed by atoms with Gasteiger partial charge in [0.05, 0.1) is 26.4 Å². The minimum atomic E-state index is -4.99. The molecular weight excluding hydrogens is 1330 g/mol. The summed E-state index contributed by atoms with van der Waals surface area (Å²) in [6, 6.07) is 0. The van der Waals surface area contributed by atoms with Crippen molar-refractivity contribution in [2.24, 2.45) is 0 Å². The molecule has 0 amide bonds. The number of hydrogen-bond donors (Lipinski definition) is 3. The van der Waals surface area contributed by atoms with Crippen molar-refractivity contribution in [2.75, 3.05) is 39.6 Å². The molecule has 0 saturated heterocycles. The summed E-state index contributed by atoms with van der Waals surface area (Å²) in [6.45, 7) is 4.60. The molecule has 0 saturated carbocycles. The van der Waals surface area contributed by atoms with E-state index in [2.05, 4.69) is 125 Å². The first-order chi connectivity index (χ1) is 49.7. The van der Waals surface area contributed by atoms with E-state index in [1.165, 1.54) is 89.9 Å².